The number of anilines is 1. The van der Waals surface area contributed by atoms with Gasteiger partial charge in [-0.3, -0.25) is 4.79 Å². The van der Waals surface area contributed by atoms with Crippen molar-refractivity contribution in [2.45, 2.75) is 20.8 Å². The van der Waals surface area contributed by atoms with E-state index in [-0.39, 0.29) is 5.91 Å². The minimum atomic E-state index is -0.464. The van der Waals surface area contributed by atoms with Gasteiger partial charge >= 0.3 is 0 Å². The third-order valence-electron chi connectivity index (χ3n) is 4.38. The molecular weight excluding hydrogens is 360 g/mol. The Hall–Kier alpha value is -2.92. The Morgan fingerprint density at radius 3 is 2.44 bits per heavy atom. The fraction of sp³-hybridized carbons (Fsp3) is 0.190. The molecule has 0 aliphatic carbocycles. The van der Waals surface area contributed by atoms with Crippen LogP contribution < -0.4 is 5.32 Å². The number of hydrogen-bond acceptors (Lipinski definition) is 3. The molecule has 1 aromatic heterocycles. The maximum Gasteiger partial charge on any atom is 0.229 e. The lowest BCUT2D eigenvalue weighted by atomic mass is 9.95. The summed E-state index contributed by atoms with van der Waals surface area (Å²) in [7, 11) is 0. The minimum absolute atomic E-state index is 0.0436. The molecule has 1 heterocycles. The number of hydrogen-bond donors (Lipinski definition) is 1. The molecule has 27 heavy (non-hydrogen) atoms. The lowest BCUT2D eigenvalue weighted by Crippen LogP contribution is -2.27. The molecule has 0 saturated heterocycles. The molecule has 0 saturated carbocycles. The van der Waals surface area contributed by atoms with Gasteiger partial charge in [-0.05, 0) is 30.3 Å². The maximum atomic E-state index is 12.2. The number of carbonyl (C=O) groups is 1. The van der Waals surface area contributed by atoms with E-state index in [1.165, 1.54) is 0 Å². The van der Waals surface area contributed by atoms with E-state index in [4.69, 9.17) is 11.6 Å². The number of benzene rings is 3. The van der Waals surface area contributed by atoms with Gasteiger partial charge in [-0.1, -0.05) is 56.6 Å². The van der Waals surface area contributed by atoms with Crippen LogP contribution in [0.3, 0.4) is 0 Å². The number of fused-ring (bicyclic) bond motifs is 2. The summed E-state index contributed by atoms with van der Waals surface area (Å²) in [6.45, 7) is 5.63. The number of aromatic nitrogens is 3. The van der Waals surface area contributed by atoms with Gasteiger partial charge in [0.2, 0.25) is 5.91 Å². The molecule has 0 fully saturated rings. The molecule has 5 nitrogen and oxygen atoms in total. The molecule has 0 aliphatic heterocycles. The Bertz CT molecular complexity index is 1170. The van der Waals surface area contributed by atoms with Crippen molar-refractivity contribution in [1.82, 2.24) is 15.0 Å². The first-order valence-corrected chi connectivity index (χ1v) is 9.07. The van der Waals surface area contributed by atoms with E-state index in [1.807, 2.05) is 75.4 Å². The molecule has 1 N–H and O–H groups in total. The largest absolute Gasteiger partial charge is 0.326 e. The van der Waals surface area contributed by atoms with Gasteiger partial charge in [0.1, 0.15) is 11.0 Å². The monoisotopic (exact) mass is 378 g/mol. The number of rotatable bonds is 2. The van der Waals surface area contributed by atoms with Crippen LogP contribution in [-0.2, 0) is 4.79 Å². The summed E-state index contributed by atoms with van der Waals surface area (Å²) in [6, 6.07) is 17.2. The average molecular weight is 379 g/mol. The third-order valence-corrected chi connectivity index (χ3v) is 4.71. The van der Waals surface area contributed by atoms with Crippen molar-refractivity contribution in [1.29, 1.82) is 0 Å². The Labute approximate surface area is 161 Å². The first-order chi connectivity index (χ1) is 12.8. The summed E-state index contributed by atoms with van der Waals surface area (Å²) < 4.78 is 0. The van der Waals surface area contributed by atoms with E-state index in [9.17, 15) is 4.79 Å². The molecule has 0 spiro atoms. The molecule has 6 heteroatoms. The average Bonchev–Trinajstić information content (AvgIpc) is 3.04. The van der Waals surface area contributed by atoms with Crippen molar-refractivity contribution in [2.24, 2.45) is 5.41 Å². The van der Waals surface area contributed by atoms with Crippen molar-refractivity contribution in [3.63, 3.8) is 0 Å². The molecule has 0 atom stereocenters. The fourth-order valence-electron chi connectivity index (χ4n) is 2.85. The summed E-state index contributed by atoms with van der Waals surface area (Å²) in [4.78, 5) is 13.8. The van der Waals surface area contributed by atoms with Gasteiger partial charge in [0.15, 0.2) is 0 Å². The predicted molar refractivity (Wildman–Crippen MR) is 109 cm³/mol. The summed E-state index contributed by atoms with van der Waals surface area (Å²) in [5.41, 5.74) is 2.56. The zero-order valence-corrected chi connectivity index (χ0v) is 16.1. The third kappa shape index (κ3) is 3.26. The van der Waals surface area contributed by atoms with Crippen molar-refractivity contribution < 1.29 is 4.79 Å². The van der Waals surface area contributed by atoms with Crippen LogP contribution in [0.5, 0.6) is 0 Å². The number of nitrogens with zero attached hydrogens (tertiary/aromatic N) is 3. The second-order valence-electron chi connectivity index (χ2n) is 7.51. The van der Waals surface area contributed by atoms with E-state index in [0.717, 1.165) is 22.0 Å². The van der Waals surface area contributed by atoms with Gasteiger partial charge in [-0.15, -0.1) is 15.0 Å². The van der Waals surface area contributed by atoms with Crippen molar-refractivity contribution >= 4 is 45.0 Å². The van der Waals surface area contributed by atoms with Gasteiger partial charge < -0.3 is 5.32 Å². The highest BCUT2D eigenvalue weighted by Crippen LogP contribution is 2.28. The smallest absolute Gasteiger partial charge is 0.229 e. The molecule has 4 rings (SSSR count). The summed E-state index contributed by atoms with van der Waals surface area (Å²) in [5, 5.41) is 14.7. The molecule has 0 unspecified atom stereocenters. The molecule has 4 aromatic rings. The Morgan fingerprint density at radius 1 is 0.963 bits per heavy atom. The van der Waals surface area contributed by atoms with Crippen LogP contribution >= 0.6 is 11.6 Å². The molecule has 0 radical (unpaired) electrons. The van der Waals surface area contributed by atoms with E-state index in [0.29, 0.717) is 16.2 Å². The van der Waals surface area contributed by atoms with Crippen molar-refractivity contribution in [2.75, 3.05) is 5.32 Å². The maximum absolute atomic E-state index is 12.2. The molecule has 0 aliphatic rings. The second-order valence-corrected chi connectivity index (χ2v) is 7.92. The quantitative estimate of drug-likeness (QED) is 0.520. The Kier molecular flexibility index (Phi) is 4.12. The van der Waals surface area contributed by atoms with Crippen LogP contribution in [0.1, 0.15) is 20.8 Å². The summed E-state index contributed by atoms with van der Waals surface area (Å²) in [6.07, 6.45) is 0. The van der Waals surface area contributed by atoms with Crippen molar-refractivity contribution in [3.8, 4) is 5.69 Å². The first kappa shape index (κ1) is 17.5. The molecule has 3 aromatic carbocycles. The van der Waals surface area contributed by atoms with Gasteiger partial charge in [0.05, 0.1) is 5.69 Å². The zero-order valence-electron chi connectivity index (χ0n) is 15.3. The number of nitrogens with one attached hydrogen (secondary N) is 1. The molecular formula is C21H19ClN4O. The zero-order chi connectivity index (χ0) is 19.2. The van der Waals surface area contributed by atoms with Gasteiger partial charge in [0, 0.05) is 26.9 Å². The van der Waals surface area contributed by atoms with E-state index >= 15 is 0 Å². The lowest BCUT2D eigenvalue weighted by molar-refractivity contribution is -0.123. The van der Waals surface area contributed by atoms with Gasteiger partial charge in [0.25, 0.3) is 0 Å². The second kappa shape index (κ2) is 6.35. The van der Waals surface area contributed by atoms with Crippen molar-refractivity contribution in [3.05, 3.63) is 59.6 Å². The van der Waals surface area contributed by atoms with Crippen LogP contribution in [0, 0.1) is 5.41 Å². The highest BCUT2D eigenvalue weighted by atomic mass is 35.5. The summed E-state index contributed by atoms with van der Waals surface area (Å²) in [5.74, 6) is -0.0436. The number of halogens is 1. The molecule has 0 bridgehead atoms. The van der Waals surface area contributed by atoms with E-state index in [1.54, 1.807) is 4.80 Å². The van der Waals surface area contributed by atoms with Crippen LogP contribution in [0.25, 0.3) is 27.5 Å². The highest BCUT2D eigenvalue weighted by Gasteiger charge is 2.21. The standard InChI is InChI=1S/C21H19ClN4O/c1-21(2,3)20(27)23-13-10-11-17-18(12-13)25-26(24-17)19-9-5-6-14-15(19)7-4-8-16(14)22/h4-12H,1-3H3,(H,23,27). The summed E-state index contributed by atoms with van der Waals surface area (Å²) >= 11 is 6.31. The van der Waals surface area contributed by atoms with Gasteiger partial charge in [-0.25, -0.2) is 0 Å². The Morgan fingerprint density at radius 2 is 1.67 bits per heavy atom. The number of amides is 1. The lowest BCUT2D eigenvalue weighted by Gasteiger charge is -2.17. The molecule has 136 valence electrons. The van der Waals surface area contributed by atoms with E-state index in [2.05, 4.69) is 15.5 Å². The SMILES string of the molecule is CC(C)(C)C(=O)Nc1ccc2nn(-c3cccc4c(Cl)cccc34)nc2c1. The highest BCUT2D eigenvalue weighted by molar-refractivity contribution is 6.35. The predicted octanol–water partition coefficient (Wildman–Crippen LogP) is 5.21. The number of carbonyl (C=O) groups excluding carboxylic acids is 1. The molecule has 1 amide bonds. The first-order valence-electron chi connectivity index (χ1n) is 8.69. The topological polar surface area (TPSA) is 59.8 Å². The van der Waals surface area contributed by atoms with Crippen LogP contribution in [0.2, 0.25) is 5.02 Å². The Balaban J connectivity index is 1.77. The van der Waals surface area contributed by atoms with Gasteiger partial charge in [-0.2, -0.15) is 0 Å². The van der Waals surface area contributed by atoms with Crippen LogP contribution in [-0.4, -0.2) is 20.9 Å². The van der Waals surface area contributed by atoms with Crippen LogP contribution in [0.15, 0.2) is 54.6 Å². The minimum Gasteiger partial charge on any atom is -0.326 e. The fourth-order valence-corrected chi connectivity index (χ4v) is 3.09. The normalized spacial score (nSPS) is 11.9. The van der Waals surface area contributed by atoms with Crippen LogP contribution in [0.4, 0.5) is 5.69 Å². The van der Waals surface area contributed by atoms with E-state index < -0.39 is 5.41 Å².